The van der Waals surface area contributed by atoms with Gasteiger partial charge < -0.3 is 10.6 Å². The number of rotatable bonds is 1. The molecule has 0 saturated carbocycles. The number of nitrogens with zero attached hydrogens (tertiary/aromatic N) is 2. The Kier molecular flexibility index (Phi) is 2.49. The summed E-state index contributed by atoms with van der Waals surface area (Å²) < 4.78 is 0. The van der Waals surface area contributed by atoms with Gasteiger partial charge in [0.15, 0.2) is 0 Å². The van der Waals surface area contributed by atoms with Crippen molar-refractivity contribution in [1.82, 2.24) is 9.97 Å². The lowest BCUT2D eigenvalue weighted by molar-refractivity contribution is 0.495. The van der Waals surface area contributed by atoms with E-state index in [2.05, 4.69) is 14.9 Å². The normalized spacial score (nSPS) is 18.5. The van der Waals surface area contributed by atoms with Crippen LogP contribution in [0.25, 0.3) is 0 Å². The molecule has 2 heterocycles. The van der Waals surface area contributed by atoms with Crippen molar-refractivity contribution in [2.24, 2.45) is 5.73 Å². The molecule has 2 rings (SSSR count). The van der Waals surface area contributed by atoms with Crippen molar-refractivity contribution >= 4 is 5.95 Å². The molecule has 0 atom stereocenters. The van der Waals surface area contributed by atoms with E-state index < -0.39 is 0 Å². The molecule has 0 bridgehead atoms. The highest BCUT2D eigenvalue weighted by molar-refractivity contribution is 5.28. The SMILES string of the molecule is NC1CCN(c2nccc(=O)[nH]2)CC1. The van der Waals surface area contributed by atoms with Crippen LogP contribution in [0.4, 0.5) is 5.95 Å². The molecule has 3 N–H and O–H groups in total. The van der Waals surface area contributed by atoms with Gasteiger partial charge in [-0.25, -0.2) is 4.98 Å². The lowest BCUT2D eigenvalue weighted by Gasteiger charge is -2.30. The average Bonchev–Trinajstić information content (AvgIpc) is 2.19. The zero-order chi connectivity index (χ0) is 9.97. The second-order valence-corrected chi connectivity index (χ2v) is 3.58. The van der Waals surface area contributed by atoms with Crippen LogP contribution in [0.2, 0.25) is 0 Å². The molecule has 1 aliphatic heterocycles. The average molecular weight is 194 g/mol. The highest BCUT2D eigenvalue weighted by Crippen LogP contribution is 2.12. The van der Waals surface area contributed by atoms with Gasteiger partial charge >= 0.3 is 0 Å². The third-order valence-corrected chi connectivity index (χ3v) is 2.50. The molecule has 5 nitrogen and oxygen atoms in total. The molecular formula is C9H14N4O. The Bertz CT molecular complexity index is 354. The molecule has 1 fully saturated rings. The van der Waals surface area contributed by atoms with Gasteiger partial charge in [0.05, 0.1) is 0 Å². The summed E-state index contributed by atoms with van der Waals surface area (Å²) in [6.45, 7) is 1.74. The van der Waals surface area contributed by atoms with Gasteiger partial charge in [-0.3, -0.25) is 9.78 Å². The fourth-order valence-corrected chi connectivity index (χ4v) is 1.63. The molecule has 0 aliphatic carbocycles. The minimum atomic E-state index is -0.107. The lowest BCUT2D eigenvalue weighted by Crippen LogP contribution is -2.40. The highest BCUT2D eigenvalue weighted by atomic mass is 16.1. The summed E-state index contributed by atoms with van der Waals surface area (Å²) in [5.74, 6) is 0.657. The van der Waals surface area contributed by atoms with E-state index in [4.69, 9.17) is 5.73 Å². The second kappa shape index (κ2) is 3.79. The van der Waals surface area contributed by atoms with Crippen LogP contribution >= 0.6 is 0 Å². The van der Waals surface area contributed by atoms with Crippen molar-refractivity contribution in [2.45, 2.75) is 18.9 Å². The Morgan fingerprint density at radius 1 is 1.50 bits per heavy atom. The minimum Gasteiger partial charge on any atom is -0.342 e. The maximum absolute atomic E-state index is 11.1. The number of piperidine rings is 1. The van der Waals surface area contributed by atoms with E-state index >= 15 is 0 Å². The summed E-state index contributed by atoms with van der Waals surface area (Å²) in [4.78, 5) is 19.9. The van der Waals surface area contributed by atoms with Gasteiger partial charge in [0, 0.05) is 31.4 Å². The molecule has 0 radical (unpaired) electrons. The Hall–Kier alpha value is -1.36. The van der Waals surface area contributed by atoms with Crippen LogP contribution in [0.1, 0.15) is 12.8 Å². The topological polar surface area (TPSA) is 75.0 Å². The smallest absolute Gasteiger partial charge is 0.252 e. The van der Waals surface area contributed by atoms with Crippen LogP contribution < -0.4 is 16.2 Å². The number of aromatic nitrogens is 2. The molecule has 14 heavy (non-hydrogen) atoms. The van der Waals surface area contributed by atoms with Crippen LogP contribution in [0.3, 0.4) is 0 Å². The Balaban J connectivity index is 2.12. The van der Waals surface area contributed by atoms with Crippen molar-refractivity contribution < 1.29 is 0 Å². The minimum absolute atomic E-state index is 0.107. The Morgan fingerprint density at radius 2 is 2.21 bits per heavy atom. The number of H-pyrrole nitrogens is 1. The molecule has 1 aromatic heterocycles. The van der Waals surface area contributed by atoms with Gasteiger partial charge in [-0.05, 0) is 12.8 Å². The van der Waals surface area contributed by atoms with E-state index in [1.165, 1.54) is 12.3 Å². The summed E-state index contributed by atoms with van der Waals surface area (Å²) in [7, 11) is 0. The number of anilines is 1. The van der Waals surface area contributed by atoms with Gasteiger partial charge in [0.1, 0.15) is 0 Å². The predicted molar refractivity (Wildman–Crippen MR) is 54.3 cm³/mol. The van der Waals surface area contributed by atoms with Gasteiger partial charge in [-0.1, -0.05) is 0 Å². The van der Waals surface area contributed by atoms with Gasteiger partial charge in [0.25, 0.3) is 5.56 Å². The standard InChI is InChI=1S/C9H14N4O/c10-7-2-5-13(6-3-7)9-11-4-1-8(14)12-9/h1,4,7H,2-3,5-6,10H2,(H,11,12,14). The first-order valence-electron chi connectivity index (χ1n) is 4.81. The highest BCUT2D eigenvalue weighted by Gasteiger charge is 2.17. The fraction of sp³-hybridized carbons (Fsp3) is 0.556. The van der Waals surface area contributed by atoms with E-state index in [0.29, 0.717) is 12.0 Å². The van der Waals surface area contributed by atoms with E-state index in [9.17, 15) is 4.79 Å². The zero-order valence-corrected chi connectivity index (χ0v) is 7.94. The van der Waals surface area contributed by atoms with Crippen LogP contribution in [-0.4, -0.2) is 29.1 Å². The maximum atomic E-state index is 11.1. The maximum Gasteiger partial charge on any atom is 0.252 e. The summed E-state index contributed by atoms with van der Waals surface area (Å²) in [6.07, 6.45) is 3.44. The molecule has 1 aliphatic rings. The number of aromatic amines is 1. The van der Waals surface area contributed by atoms with Crippen LogP contribution in [0, 0.1) is 0 Å². The number of hydrogen-bond donors (Lipinski definition) is 2. The first-order chi connectivity index (χ1) is 6.75. The molecule has 1 saturated heterocycles. The predicted octanol–water partition coefficient (Wildman–Crippen LogP) is -0.303. The van der Waals surface area contributed by atoms with Crippen molar-refractivity contribution in [3.05, 3.63) is 22.6 Å². The molecule has 5 heteroatoms. The van der Waals surface area contributed by atoms with Crippen LogP contribution in [0.5, 0.6) is 0 Å². The van der Waals surface area contributed by atoms with Crippen molar-refractivity contribution in [3.63, 3.8) is 0 Å². The van der Waals surface area contributed by atoms with Crippen LogP contribution in [-0.2, 0) is 0 Å². The van der Waals surface area contributed by atoms with Gasteiger partial charge in [-0.2, -0.15) is 0 Å². The Morgan fingerprint density at radius 3 is 2.86 bits per heavy atom. The van der Waals surface area contributed by atoms with Crippen molar-refractivity contribution in [1.29, 1.82) is 0 Å². The van der Waals surface area contributed by atoms with Crippen molar-refractivity contribution in [2.75, 3.05) is 18.0 Å². The summed E-state index contributed by atoms with van der Waals surface area (Å²) in [5.41, 5.74) is 5.68. The van der Waals surface area contributed by atoms with E-state index in [-0.39, 0.29) is 5.56 Å². The first kappa shape index (κ1) is 9.21. The molecule has 0 spiro atoms. The summed E-state index contributed by atoms with van der Waals surface area (Å²) >= 11 is 0. The lowest BCUT2D eigenvalue weighted by atomic mass is 10.1. The molecule has 0 aromatic carbocycles. The summed E-state index contributed by atoms with van der Waals surface area (Å²) in [6, 6.07) is 1.71. The second-order valence-electron chi connectivity index (χ2n) is 3.58. The first-order valence-corrected chi connectivity index (χ1v) is 4.81. The number of nitrogens with two attached hydrogens (primary N) is 1. The van der Waals surface area contributed by atoms with Gasteiger partial charge in [-0.15, -0.1) is 0 Å². The van der Waals surface area contributed by atoms with Gasteiger partial charge in [0.2, 0.25) is 5.95 Å². The molecule has 0 unspecified atom stereocenters. The molecular weight excluding hydrogens is 180 g/mol. The van der Waals surface area contributed by atoms with Crippen LogP contribution in [0.15, 0.2) is 17.1 Å². The summed E-state index contributed by atoms with van der Waals surface area (Å²) in [5, 5.41) is 0. The number of hydrogen-bond acceptors (Lipinski definition) is 4. The monoisotopic (exact) mass is 194 g/mol. The molecule has 0 amide bonds. The van der Waals surface area contributed by atoms with Crippen molar-refractivity contribution in [3.8, 4) is 0 Å². The zero-order valence-electron chi connectivity index (χ0n) is 7.94. The fourth-order valence-electron chi connectivity index (χ4n) is 1.63. The largest absolute Gasteiger partial charge is 0.342 e. The van der Waals surface area contributed by atoms with E-state index in [1.54, 1.807) is 0 Å². The molecule has 76 valence electrons. The third-order valence-electron chi connectivity index (χ3n) is 2.50. The number of nitrogens with one attached hydrogen (secondary N) is 1. The third kappa shape index (κ3) is 1.93. The van der Waals surface area contributed by atoms with E-state index in [1.807, 2.05) is 0 Å². The Labute approximate surface area is 82.0 Å². The van der Waals surface area contributed by atoms with E-state index in [0.717, 1.165) is 25.9 Å². The molecule has 1 aromatic rings. The quantitative estimate of drug-likeness (QED) is 0.643.